The number of rotatable bonds is 8. The summed E-state index contributed by atoms with van der Waals surface area (Å²) in [6.07, 6.45) is 0. The van der Waals surface area contributed by atoms with E-state index in [2.05, 4.69) is 0 Å². The smallest absolute Gasteiger partial charge is 0.268 e. The molecule has 6 rings (SSSR count). The van der Waals surface area contributed by atoms with Crippen molar-refractivity contribution in [3.63, 3.8) is 0 Å². The van der Waals surface area contributed by atoms with Crippen molar-refractivity contribution in [1.82, 2.24) is 4.31 Å². The first-order chi connectivity index (χ1) is 18.4. The van der Waals surface area contributed by atoms with E-state index in [0.717, 1.165) is 5.56 Å². The van der Waals surface area contributed by atoms with Crippen LogP contribution in [0.2, 0.25) is 0 Å². The summed E-state index contributed by atoms with van der Waals surface area (Å²) in [4.78, 5) is 17.7. The Labute approximate surface area is 226 Å². The molecular weight excluding hydrogens is 525 g/mol. The van der Waals surface area contributed by atoms with E-state index in [1.54, 1.807) is 21.3 Å². The maximum atomic E-state index is 15.3. The molecule has 2 atom stereocenters. The number of carbonyl (C=O) groups excluding carboxylic acids is 1. The number of morpholine rings is 1. The molecule has 7 nitrogen and oxygen atoms in total. The first kappa shape index (κ1) is 25.5. The Bertz CT molecular complexity index is 1380. The second kappa shape index (κ2) is 10.4. The van der Waals surface area contributed by atoms with Crippen molar-refractivity contribution in [3.8, 4) is 0 Å². The van der Waals surface area contributed by atoms with Crippen LogP contribution in [0, 0.1) is 23.6 Å². The molecule has 0 bridgehead atoms. The zero-order chi connectivity index (χ0) is 26.3. The van der Waals surface area contributed by atoms with Crippen molar-refractivity contribution in [3.05, 3.63) is 82.3 Å². The number of hydrogen-bond donors (Lipinski definition) is 0. The Kier molecular flexibility index (Phi) is 6.98. The molecule has 3 aromatic rings. The molecule has 10 heteroatoms. The topological polar surface area (TPSA) is 70.2 Å². The van der Waals surface area contributed by atoms with Gasteiger partial charge < -0.3 is 14.5 Å². The lowest BCUT2D eigenvalue weighted by atomic mass is 10.2. The lowest BCUT2D eigenvalue weighted by Crippen LogP contribution is -2.38. The molecule has 1 aliphatic carbocycles. The number of amides is 1. The maximum absolute atomic E-state index is 15.3. The Morgan fingerprint density at radius 3 is 2.42 bits per heavy atom. The van der Waals surface area contributed by atoms with Gasteiger partial charge in [-0.15, -0.1) is 11.3 Å². The standard InChI is InChI=1S/C28H30FN3O4S2/c29-25-15-21(8-9-26(25)30-10-12-36-13-11-30)32(28(33)27-7-4-14-37-27)18-24-22-16-31(17-23(22)24)38(34,35)19-20-5-2-1-3-6-20/h1-9,14-15,22-24H,10-13,16-19H2. The molecule has 2 saturated heterocycles. The molecule has 0 spiro atoms. The van der Waals surface area contributed by atoms with E-state index >= 15 is 4.39 Å². The minimum Gasteiger partial charge on any atom is -0.378 e. The molecule has 3 heterocycles. The number of sulfonamides is 1. The fourth-order valence-electron chi connectivity index (χ4n) is 5.76. The molecule has 1 saturated carbocycles. The van der Waals surface area contributed by atoms with Crippen molar-refractivity contribution < 1.29 is 22.3 Å². The largest absolute Gasteiger partial charge is 0.378 e. The molecule has 0 radical (unpaired) electrons. The molecule has 3 aliphatic rings. The van der Waals surface area contributed by atoms with Gasteiger partial charge in [-0.1, -0.05) is 36.4 Å². The minimum absolute atomic E-state index is 0.00426. The van der Waals surface area contributed by atoms with Crippen LogP contribution in [0.25, 0.3) is 0 Å². The van der Waals surface area contributed by atoms with E-state index in [-0.39, 0.29) is 35.2 Å². The third-order valence-electron chi connectivity index (χ3n) is 7.89. The van der Waals surface area contributed by atoms with E-state index in [1.807, 2.05) is 52.7 Å². The summed E-state index contributed by atoms with van der Waals surface area (Å²) in [5.74, 6) is 0.0763. The highest BCUT2D eigenvalue weighted by Gasteiger charge is 2.58. The number of piperidine rings is 1. The van der Waals surface area contributed by atoms with Crippen LogP contribution in [0.15, 0.2) is 66.0 Å². The summed E-state index contributed by atoms with van der Waals surface area (Å²) in [6, 6.07) is 17.8. The predicted octanol–water partition coefficient (Wildman–Crippen LogP) is 4.08. The molecule has 3 fully saturated rings. The van der Waals surface area contributed by atoms with Gasteiger partial charge in [-0.2, -0.15) is 0 Å². The van der Waals surface area contributed by atoms with Crippen LogP contribution in [-0.4, -0.2) is 64.6 Å². The highest BCUT2D eigenvalue weighted by atomic mass is 32.2. The minimum atomic E-state index is -3.40. The summed E-state index contributed by atoms with van der Waals surface area (Å²) >= 11 is 1.36. The lowest BCUT2D eigenvalue weighted by molar-refractivity contribution is 0.0988. The van der Waals surface area contributed by atoms with Crippen molar-refractivity contribution in [2.75, 3.05) is 55.7 Å². The van der Waals surface area contributed by atoms with E-state index in [4.69, 9.17) is 4.74 Å². The monoisotopic (exact) mass is 555 g/mol. The highest BCUT2D eigenvalue weighted by Crippen LogP contribution is 2.53. The molecule has 2 aliphatic heterocycles. The summed E-state index contributed by atoms with van der Waals surface area (Å²) < 4.78 is 48.2. The predicted molar refractivity (Wildman–Crippen MR) is 147 cm³/mol. The van der Waals surface area contributed by atoms with Gasteiger partial charge in [-0.05, 0) is 53.0 Å². The van der Waals surface area contributed by atoms with E-state index in [0.29, 0.717) is 62.2 Å². The first-order valence-electron chi connectivity index (χ1n) is 12.9. The van der Waals surface area contributed by atoms with Gasteiger partial charge in [0.25, 0.3) is 5.91 Å². The number of ether oxygens (including phenoxy) is 1. The normalized spacial score (nSPS) is 23.3. The van der Waals surface area contributed by atoms with Crippen LogP contribution in [0.5, 0.6) is 0 Å². The van der Waals surface area contributed by atoms with Crippen LogP contribution >= 0.6 is 11.3 Å². The highest BCUT2D eigenvalue weighted by molar-refractivity contribution is 7.88. The van der Waals surface area contributed by atoms with Crippen LogP contribution in [0.3, 0.4) is 0 Å². The van der Waals surface area contributed by atoms with Crippen molar-refractivity contribution in [2.45, 2.75) is 5.75 Å². The van der Waals surface area contributed by atoms with E-state index in [9.17, 15) is 13.2 Å². The van der Waals surface area contributed by atoms with Crippen LogP contribution in [-0.2, 0) is 20.5 Å². The fourth-order valence-corrected chi connectivity index (χ4v) is 8.03. The van der Waals surface area contributed by atoms with Crippen LogP contribution in [0.1, 0.15) is 15.2 Å². The summed E-state index contributed by atoms with van der Waals surface area (Å²) in [7, 11) is -3.40. The van der Waals surface area contributed by atoms with Crippen molar-refractivity contribution in [2.24, 2.45) is 17.8 Å². The Balaban J connectivity index is 1.17. The SMILES string of the molecule is O=C(c1cccs1)N(CC1C2CN(S(=O)(=O)Cc3ccccc3)CC12)c1ccc(N2CCOCC2)c(F)c1. The zero-order valence-corrected chi connectivity index (χ0v) is 22.5. The van der Waals surface area contributed by atoms with E-state index in [1.165, 1.54) is 17.4 Å². The Hall–Kier alpha value is -2.79. The average molecular weight is 556 g/mol. The number of halogens is 1. The fraction of sp³-hybridized carbons (Fsp3) is 0.393. The molecule has 0 N–H and O–H groups in total. The van der Waals surface area contributed by atoms with E-state index < -0.39 is 10.0 Å². The molecule has 1 aromatic heterocycles. The number of carbonyl (C=O) groups is 1. The number of fused-ring (bicyclic) bond motifs is 1. The summed E-state index contributed by atoms with van der Waals surface area (Å²) in [5.41, 5.74) is 1.82. The van der Waals surface area contributed by atoms with Crippen molar-refractivity contribution in [1.29, 1.82) is 0 Å². The molecule has 2 aromatic carbocycles. The second-order valence-electron chi connectivity index (χ2n) is 10.2. The van der Waals surface area contributed by atoms with Gasteiger partial charge in [0.15, 0.2) is 0 Å². The number of thiophene rings is 1. The molecule has 1 amide bonds. The zero-order valence-electron chi connectivity index (χ0n) is 20.9. The van der Waals surface area contributed by atoms with Crippen molar-refractivity contribution >= 4 is 38.6 Å². The molecule has 38 heavy (non-hydrogen) atoms. The number of nitrogens with zero attached hydrogens (tertiary/aromatic N) is 3. The van der Waals surface area contributed by atoms with Gasteiger partial charge in [0.05, 0.1) is 29.5 Å². The van der Waals surface area contributed by atoms with Gasteiger partial charge in [0.1, 0.15) is 5.82 Å². The molecule has 2 unspecified atom stereocenters. The van der Waals surface area contributed by atoms with Gasteiger partial charge >= 0.3 is 0 Å². The summed E-state index contributed by atoms with van der Waals surface area (Å²) in [6.45, 7) is 3.76. The van der Waals surface area contributed by atoms with Gasteiger partial charge in [-0.25, -0.2) is 17.1 Å². The third kappa shape index (κ3) is 5.10. The first-order valence-corrected chi connectivity index (χ1v) is 15.4. The van der Waals surface area contributed by atoms with Gasteiger partial charge in [0, 0.05) is 38.4 Å². The number of hydrogen-bond acceptors (Lipinski definition) is 6. The van der Waals surface area contributed by atoms with Crippen LogP contribution in [0.4, 0.5) is 15.8 Å². The number of benzene rings is 2. The third-order valence-corrected chi connectivity index (χ3v) is 10.5. The molecular formula is C28H30FN3O4S2. The van der Waals surface area contributed by atoms with Gasteiger partial charge in [0.2, 0.25) is 10.0 Å². The quantitative estimate of drug-likeness (QED) is 0.419. The Morgan fingerprint density at radius 2 is 1.76 bits per heavy atom. The maximum Gasteiger partial charge on any atom is 0.268 e. The second-order valence-corrected chi connectivity index (χ2v) is 13.1. The Morgan fingerprint density at radius 1 is 1.03 bits per heavy atom. The lowest BCUT2D eigenvalue weighted by Gasteiger charge is -2.30. The number of anilines is 2. The summed E-state index contributed by atoms with van der Waals surface area (Å²) in [5, 5.41) is 1.86. The average Bonchev–Trinajstić information content (AvgIpc) is 3.32. The van der Waals surface area contributed by atoms with Crippen LogP contribution < -0.4 is 9.80 Å². The van der Waals surface area contributed by atoms with Gasteiger partial charge in [-0.3, -0.25) is 4.79 Å². The molecule has 200 valence electrons.